The predicted octanol–water partition coefficient (Wildman–Crippen LogP) is 7.94. The van der Waals surface area contributed by atoms with Gasteiger partial charge >= 0.3 is 12.0 Å². The number of thioether (sulfide) groups is 1. The first-order valence-electron chi connectivity index (χ1n) is 14.1. The number of ether oxygens (including phenoxy) is 1. The maximum Gasteiger partial charge on any atom is 0.358 e. The average molecular weight is 592 g/mol. The van der Waals surface area contributed by atoms with Crippen LogP contribution in [0.3, 0.4) is 0 Å². The van der Waals surface area contributed by atoms with E-state index in [9.17, 15) is 14.7 Å². The molecule has 218 valence electrons. The number of hydrogen-bond acceptors (Lipinski definition) is 5. The van der Waals surface area contributed by atoms with Crippen molar-refractivity contribution in [3.8, 4) is 28.1 Å². The number of carbonyl (C=O) groups excluding carboxylic acids is 1. The number of nitrogens with one attached hydrogen (secondary N) is 1. The maximum absolute atomic E-state index is 13.1. The second-order valence-corrected chi connectivity index (χ2v) is 11.1. The molecule has 0 bridgehead atoms. The number of carbonyl (C=O) groups is 2. The van der Waals surface area contributed by atoms with Gasteiger partial charge in [-0.15, -0.1) is 11.8 Å². The van der Waals surface area contributed by atoms with Crippen LogP contribution in [-0.4, -0.2) is 34.5 Å². The number of aromatic nitrogens is 1. The molecule has 5 rings (SSSR count). The highest BCUT2D eigenvalue weighted by atomic mass is 32.2. The lowest BCUT2D eigenvalue weighted by atomic mass is 9.98. The van der Waals surface area contributed by atoms with E-state index >= 15 is 0 Å². The first-order valence-corrected chi connectivity index (χ1v) is 15.1. The fourth-order valence-electron chi connectivity index (χ4n) is 4.93. The van der Waals surface area contributed by atoms with Gasteiger partial charge in [0.2, 0.25) is 0 Å². The summed E-state index contributed by atoms with van der Waals surface area (Å²) in [5, 5.41) is 12.9. The van der Waals surface area contributed by atoms with Gasteiger partial charge in [0.25, 0.3) is 0 Å². The zero-order valence-electron chi connectivity index (χ0n) is 24.0. The Bertz CT molecular complexity index is 1650. The van der Waals surface area contributed by atoms with Crippen molar-refractivity contribution >= 4 is 29.4 Å². The summed E-state index contributed by atoms with van der Waals surface area (Å²) in [4.78, 5) is 32.3. The number of aromatic carboxylic acids is 1. The summed E-state index contributed by atoms with van der Waals surface area (Å²) in [5.41, 5.74) is 6.05. The van der Waals surface area contributed by atoms with E-state index in [1.807, 2.05) is 79.7 Å². The minimum absolute atomic E-state index is 0.163. The largest absolute Gasteiger partial charge is 0.486 e. The Kier molecular flexibility index (Phi) is 9.59. The van der Waals surface area contributed by atoms with Gasteiger partial charge in [0, 0.05) is 22.7 Å². The van der Waals surface area contributed by atoms with Crippen LogP contribution in [0.1, 0.15) is 35.0 Å². The van der Waals surface area contributed by atoms with Crippen LogP contribution in [0.2, 0.25) is 0 Å². The normalized spacial score (nSPS) is 12.5. The van der Waals surface area contributed by atoms with Gasteiger partial charge in [0.05, 0.1) is 11.6 Å². The maximum atomic E-state index is 13.1. The fourth-order valence-corrected chi connectivity index (χ4v) is 5.54. The second-order valence-electron chi connectivity index (χ2n) is 10.0. The van der Waals surface area contributed by atoms with E-state index in [0.717, 1.165) is 51.3 Å². The zero-order chi connectivity index (χ0) is 30.2. The smallest absolute Gasteiger partial charge is 0.358 e. The summed E-state index contributed by atoms with van der Waals surface area (Å²) in [6.45, 7) is 6.68. The van der Waals surface area contributed by atoms with Crippen LogP contribution in [0.5, 0.6) is 5.75 Å². The van der Waals surface area contributed by atoms with E-state index in [1.165, 1.54) is 11.8 Å². The molecule has 1 aliphatic heterocycles. The topological polar surface area (TPSA) is 91.8 Å². The Balaban J connectivity index is 1.30. The third-order valence-electron chi connectivity index (χ3n) is 7.09. The molecule has 8 heteroatoms. The molecule has 0 atom stereocenters. The van der Waals surface area contributed by atoms with E-state index in [-0.39, 0.29) is 24.1 Å². The number of carboxylic acid groups (broad SMARTS) is 1. The number of allylic oxidation sites excluding steroid dienone is 2. The number of aryl methyl sites for hydroxylation is 1. The molecule has 1 aromatic heterocycles. The molecule has 4 aromatic rings. The van der Waals surface area contributed by atoms with Gasteiger partial charge in [-0.2, -0.15) is 0 Å². The second kappa shape index (κ2) is 13.9. The standard InChI is InChI=1S/C35H33N3O4S/c1-3-8-24(2)43-23-36-35(41)38-20-7-11-28-16-17-29(21-31(28)38)30-18-19-32(33(37-30)34(39)40)42-22-25-12-14-27(15-13-25)26-9-5-4-6-10-26/h3-6,8-10,12-19,21H,2,7,11,20,22-23H2,1H3,(H,36,41)(H,39,40)/b8-3-. The quantitative estimate of drug-likeness (QED) is 0.144. The molecule has 2 amide bonds. The SMILES string of the molecule is C=C(/C=C\C)SCNC(=O)N1CCCc2ccc(-c3ccc(OCc4ccc(-c5ccccc5)cc4)c(C(=O)O)n3)cc21. The summed E-state index contributed by atoms with van der Waals surface area (Å²) in [5.74, 6) is -0.568. The van der Waals surface area contributed by atoms with Crippen molar-refractivity contribution < 1.29 is 19.4 Å². The number of rotatable bonds is 10. The highest BCUT2D eigenvalue weighted by Gasteiger charge is 2.24. The molecule has 0 radical (unpaired) electrons. The lowest BCUT2D eigenvalue weighted by Gasteiger charge is -2.30. The Morgan fingerprint density at radius 2 is 1.77 bits per heavy atom. The van der Waals surface area contributed by atoms with E-state index in [1.54, 1.807) is 17.0 Å². The van der Waals surface area contributed by atoms with E-state index in [0.29, 0.717) is 18.1 Å². The number of urea groups is 1. The van der Waals surface area contributed by atoms with Crippen molar-refractivity contribution in [2.45, 2.75) is 26.4 Å². The number of pyridine rings is 1. The molecule has 0 saturated heterocycles. The Morgan fingerprint density at radius 3 is 2.51 bits per heavy atom. The molecule has 0 saturated carbocycles. The number of nitrogens with zero attached hydrogens (tertiary/aromatic N) is 2. The van der Waals surface area contributed by atoms with Gasteiger partial charge in [-0.05, 0) is 60.2 Å². The lowest BCUT2D eigenvalue weighted by Crippen LogP contribution is -2.42. The third kappa shape index (κ3) is 7.34. The first-order chi connectivity index (χ1) is 20.9. The first kappa shape index (κ1) is 29.7. The Morgan fingerprint density at radius 1 is 1.02 bits per heavy atom. The molecule has 43 heavy (non-hydrogen) atoms. The van der Waals surface area contributed by atoms with E-state index in [2.05, 4.69) is 29.0 Å². The van der Waals surface area contributed by atoms with E-state index < -0.39 is 5.97 Å². The van der Waals surface area contributed by atoms with Crippen molar-refractivity contribution in [3.05, 3.63) is 125 Å². The molecule has 2 heterocycles. The van der Waals surface area contributed by atoms with Crippen molar-refractivity contribution in [2.75, 3.05) is 17.3 Å². The third-order valence-corrected chi connectivity index (χ3v) is 7.89. The van der Waals surface area contributed by atoms with Crippen LogP contribution in [0.25, 0.3) is 22.4 Å². The van der Waals surface area contributed by atoms with Crippen molar-refractivity contribution in [3.63, 3.8) is 0 Å². The monoisotopic (exact) mass is 591 g/mol. The molecular formula is C35H33N3O4S. The number of hydrogen-bond donors (Lipinski definition) is 2. The minimum atomic E-state index is -1.17. The molecule has 7 nitrogen and oxygen atoms in total. The molecular weight excluding hydrogens is 558 g/mol. The number of fused-ring (bicyclic) bond motifs is 1. The minimum Gasteiger partial charge on any atom is -0.486 e. The van der Waals surface area contributed by atoms with Crippen molar-refractivity contribution in [2.24, 2.45) is 0 Å². The Hall–Kier alpha value is -4.82. The van der Waals surface area contributed by atoms with Crippen LogP contribution in [0, 0.1) is 0 Å². The predicted molar refractivity (Wildman–Crippen MR) is 173 cm³/mol. The van der Waals surface area contributed by atoms with Crippen LogP contribution < -0.4 is 15.0 Å². The molecule has 0 fully saturated rings. The zero-order valence-corrected chi connectivity index (χ0v) is 24.8. The van der Waals surface area contributed by atoms with Crippen LogP contribution >= 0.6 is 11.8 Å². The highest BCUT2D eigenvalue weighted by molar-refractivity contribution is 8.03. The Labute approximate surface area is 255 Å². The van der Waals surface area contributed by atoms with Crippen molar-refractivity contribution in [1.29, 1.82) is 0 Å². The molecule has 0 unspecified atom stereocenters. The molecule has 0 aliphatic carbocycles. The van der Waals surface area contributed by atoms with Crippen molar-refractivity contribution in [1.82, 2.24) is 10.3 Å². The fraction of sp³-hybridized carbons (Fsp3) is 0.171. The molecule has 0 spiro atoms. The number of amides is 2. The van der Waals surface area contributed by atoms with Gasteiger partial charge in [-0.1, -0.05) is 85.5 Å². The van der Waals surface area contributed by atoms with Gasteiger partial charge in [0.15, 0.2) is 11.4 Å². The number of benzene rings is 3. The van der Waals surface area contributed by atoms with Crippen LogP contribution in [0.4, 0.5) is 10.5 Å². The van der Waals surface area contributed by atoms with Crippen LogP contribution in [-0.2, 0) is 13.0 Å². The number of carboxylic acids is 1. The highest BCUT2D eigenvalue weighted by Crippen LogP contribution is 2.33. The molecule has 3 aromatic carbocycles. The summed E-state index contributed by atoms with van der Waals surface area (Å²) in [7, 11) is 0. The van der Waals surface area contributed by atoms with E-state index in [4.69, 9.17) is 4.74 Å². The molecule has 1 aliphatic rings. The average Bonchev–Trinajstić information content (AvgIpc) is 3.04. The summed E-state index contributed by atoms with van der Waals surface area (Å²) in [6, 6.07) is 27.1. The van der Waals surface area contributed by atoms with Gasteiger partial charge in [0.1, 0.15) is 6.61 Å². The summed E-state index contributed by atoms with van der Waals surface area (Å²) < 4.78 is 5.91. The summed E-state index contributed by atoms with van der Waals surface area (Å²) >= 11 is 1.46. The lowest BCUT2D eigenvalue weighted by molar-refractivity contribution is 0.0685. The van der Waals surface area contributed by atoms with Gasteiger partial charge < -0.3 is 15.2 Å². The summed E-state index contributed by atoms with van der Waals surface area (Å²) in [6.07, 6.45) is 5.53. The molecule has 2 N–H and O–H groups in total. The van der Waals surface area contributed by atoms with Gasteiger partial charge in [-0.3, -0.25) is 4.90 Å². The van der Waals surface area contributed by atoms with Crippen LogP contribution in [0.15, 0.2) is 109 Å². The van der Waals surface area contributed by atoms with Gasteiger partial charge in [-0.25, -0.2) is 14.6 Å². The number of anilines is 1.